The fraction of sp³-hybridized carbons (Fsp3) is 0.333. The molecule has 2 aromatic rings. The highest BCUT2D eigenvalue weighted by Crippen LogP contribution is 2.22. The van der Waals surface area contributed by atoms with Crippen LogP contribution in [0.3, 0.4) is 0 Å². The SMILES string of the molecule is CCCOc1ccc(N(CC(=O)Nc2ccc(C(=O)OCC)cc2)S(C)(=O)=O)cc1. The lowest BCUT2D eigenvalue weighted by atomic mass is 10.2. The highest BCUT2D eigenvalue weighted by molar-refractivity contribution is 7.92. The third-order valence-electron chi connectivity index (χ3n) is 3.96. The number of sulfonamides is 1. The number of ether oxygens (including phenoxy) is 2. The number of nitrogens with one attached hydrogen (secondary N) is 1. The van der Waals surface area contributed by atoms with Crippen molar-refractivity contribution in [2.24, 2.45) is 0 Å². The first kappa shape index (κ1) is 23.2. The van der Waals surface area contributed by atoms with E-state index in [1.165, 1.54) is 12.1 Å². The molecule has 2 rings (SSSR count). The van der Waals surface area contributed by atoms with E-state index in [4.69, 9.17) is 9.47 Å². The maximum absolute atomic E-state index is 12.4. The van der Waals surface area contributed by atoms with Gasteiger partial charge < -0.3 is 14.8 Å². The van der Waals surface area contributed by atoms with E-state index in [0.717, 1.165) is 17.0 Å². The molecule has 0 aliphatic heterocycles. The number of rotatable bonds is 10. The van der Waals surface area contributed by atoms with Gasteiger partial charge in [0.15, 0.2) is 0 Å². The monoisotopic (exact) mass is 434 g/mol. The van der Waals surface area contributed by atoms with Gasteiger partial charge in [-0.25, -0.2) is 13.2 Å². The zero-order valence-electron chi connectivity index (χ0n) is 17.3. The number of hydrogen-bond acceptors (Lipinski definition) is 6. The van der Waals surface area contributed by atoms with Crippen LogP contribution in [0.1, 0.15) is 30.6 Å². The van der Waals surface area contributed by atoms with E-state index in [9.17, 15) is 18.0 Å². The zero-order valence-corrected chi connectivity index (χ0v) is 18.1. The van der Waals surface area contributed by atoms with Gasteiger partial charge in [-0.15, -0.1) is 0 Å². The van der Waals surface area contributed by atoms with Crippen LogP contribution >= 0.6 is 0 Å². The van der Waals surface area contributed by atoms with Crippen LogP contribution in [0.25, 0.3) is 0 Å². The predicted octanol–water partition coefficient (Wildman–Crippen LogP) is 3.06. The van der Waals surface area contributed by atoms with Gasteiger partial charge in [-0.3, -0.25) is 9.10 Å². The van der Waals surface area contributed by atoms with Crippen molar-refractivity contribution in [3.05, 3.63) is 54.1 Å². The number of benzene rings is 2. The van der Waals surface area contributed by atoms with Crippen LogP contribution in [0.15, 0.2) is 48.5 Å². The van der Waals surface area contributed by atoms with Crippen molar-refractivity contribution in [3.8, 4) is 5.75 Å². The highest BCUT2D eigenvalue weighted by atomic mass is 32.2. The lowest BCUT2D eigenvalue weighted by Gasteiger charge is -2.22. The Balaban J connectivity index is 2.08. The van der Waals surface area contributed by atoms with Crippen LogP contribution in [-0.4, -0.2) is 46.3 Å². The minimum atomic E-state index is -3.69. The predicted molar refractivity (Wildman–Crippen MR) is 115 cm³/mol. The molecule has 0 aliphatic carbocycles. The second-order valence-electron chi connectivity index (χ2n) is 6.46. The zero-order chi connectivity index (χ0) is 22.1. The molecule has 8 nitrogen and oxygen atoms in total. The quantitative estimate of drug-likeness (QED) is 0.577. The minimum Gasteiger partial charge on any atom is -0.494 e. The molecule has 0 bridgehead atoms. The molecule has 0 spiro atoms. The van der Waals surface area contributed by atoms with Crippen LogP contribution in [0.5, 0.6) is 5.75 Å². The Morgan fingerprint density at radius 1 is 1.00 bits per heavy atom. The number of carbonyl (C=O) groups excluding carboxylic acids is 2. The van der Waals surface area contributed by atoms with Gasteiger partial charge in [0.1, 0.15) is 12.3 Å². The first-order chi connectivity index (χ1) is 14.2. The maximum atomic E-state index is 12.4. The Morgan fingerprint density at radius 2 is 1.63 bits per heavy atom. The molecule has 0 aromatic heterocycles. The number of esters is 1. The third kappa shape index (κ3) is 6.77. The summed E-state index contributed by atoms with van der Waals surface area (Å²) in [6.45, 7) is 4.14. The van der Waals surface area contributed by atoms with Gasteiger partial charge in [0.05, 0.1) is 30.7 Å². The summed E-state index contributed by atoms with van der Waals surface area (Å²) in [5, 5.41) is 2.63. The van der Waals surface area contributed by atoms with Gasteiger partial charge >= 0.3 is 5.97 Å². The van der Waals surface area contributed by atoms with Gasteiger partial charge in [0.25, 0.3) is 0 Å². The number of anilines is 2. The van der Waals surface area contributed by atoms with Crippen molar-refractivity contribution in [2.45, 2.75) is 20.3 Å². The average molecular weight is 435 g/mol. The van der Waals surface area contributed by atoms with Crippen LogP contribution in [0.4, 0.5) is 11.4 Å². The van der Waals surface area contributed by atoms with Crippen LogP contribution < -0.4 is 14.4 Å². The molecule has 0 saturated heterocycles. The summed E-state index contributed by atoms with van der Waals surface area (Å²) in [6.07, 6.45) is 1.90. The summed E-state index contributed by atoms with van der Waals surface area (Å²) in [5.74, 6) is -0.346. The largest absolute Gasteiger partial charge is 0.494 e. The van der Waals surface area contributed by atoms with Crippen LogP contribution in [0.2, 0.25) is 0 Å². The summed E-state index contributed by atoms with van der Waals surface area (Å²) in [6, 6.07) is 12.7. The fourth-order valence-electron chi connectivity index (χ4n) is 2.56. The van der Waals surface area contributed by atoms with Gasteiger partial charge in [-0.1, -0.05) is 6.92 Å². The molecule has 30 heavy (non-hydrogen) atoms. The summed E-state index contributed by atoms with van der Waals surface area (Å²) in [5.41, 5.74) is 1.15. The molecular formula is C21H26N2O6S. The smallest absolute Gasteiger partial charge is 0.338 e. The molecule has 0 fully saturated rings. The van der Waals surface area contributed by atoms with Crippen molar-refractivity contribution in [1.82, 2.24) is 0 Å². The summed E-state index contributed by atoms with van der Waals surface area (Å²) in [7, 11) is -3.69. The lowest BCUT2D eigenvalue weighted by molar-refractivity contribution is -0.114. The van der Waals surface area contributed by atoms with Crippen molar-refractivity contribution in [3.63, 3.8) is 0 Å². The Bertz CT molecular complexity index is 956. The number of nitrogens with zero attached hydrogens (tertiary/aromatic N) is 1. The number of carbonyl (C=O) groups is 2. The standard InChI is InChI=1S/C21H26N2O6S/c1-4-14-29-19-12-10-18(11-13-19)23(30(3,26)27)15-20(24)22-17-8-6-16(7-9-17)21(25)28-5-2/h6-13H,4-5,14-15H2,1-3H3,(H,22,24). The molecule has 2 aromatic carbocycles. The van der Waals surface area contributed by atoms with Gasteiger partial charge in [-0.2, -0.15) is 0 Å². The topological polar surface area (TPSA) is 102 Å². The molecule has 9 heteroatoms. The number of amides is 1. The first-order valence-electron chi connectivity index (χ1n) is 9.52. The molecule has 0 atom stereocenters. The molecule has 1 amide bonds. The van der Waals surface area contributed by atoms with E-state index in [-0.39, 0.29) is 6.61 Å². The van der Waals surface area contributed by atoms with Gasteiger partial charge in [0, 0.05) is 5.69 Å². The molecule has 1 N–H and O–H groups in total. The first-order valence-corrected chi connectivity index (χ1v) is 11.4. The van der Waals surface area contributed by atoms with E-state index >= 15 is 0 Å². The molecule has 0 unspecified atom stereocenters. The van der Waals surface area contributed by atoms with E-state index in [2.05, 4.69) is 5.32 Å². The summed E-state index contributed by atoms with van der Waals surface area (Å²) in [4.78, 5) is 24.1. The van der Waals surface area contributed by atoms with E-state index < -0.39 is 28.4 Å². The summed E-state index contributed by atoms with van der Waals surface area (Å²) >= 11 is 0. The average Bonchev–Trinajstić information content (AvgIpc) is 2.71. The van der Waals surface area contributed by atoms with Crippen LogP contribution in [-0.2, 0) is 19.6 Å². The maximum Gasteiger partial charge on any atom is 0.338 e. The number of hydrogen-bond donors (Lipinski definition) is 1. The third-order valence-corrected chi connectivity index (χ3v) is 5.11. The molecule has 162 valence electrons. The van der Waals surface area contributed by atoms with Crippen molar-refractivity contribution in [1.29, 1.82) is 0 Å². The molecule has 0 heterocycles. The second-order valence-corrected chi connectivity index (χ2v) is 8.36. The Labute approximate surface area is 176 Å². The lowest BCUT2D eigenvalue weighted by Crippen LogP contribution is -2.37. The van der Waals surface area contributed by atoms with E-state index in [0.29, 0.717) is 29.3 Å². The van der Waals surface area contributed by atoms with Crippen molar-refractivity contribution < 1.29 is 27.5 Å². The summed E-state index contributed by atoms with van der Waals surface area (Å²) < 4.78 is 35.9. The molecule has 0 saturated carbocycles. The van der Waals surface area contributed by atoms with Crippen molar-refractivity contribution >= 4 is 33.3 Å². The van der Waals surface area contributed by atoms with Gasteiger partial charge in [-0.05, 0) is 61.9 Å². The van der Waals surface area contributed by atoms with E-state index in [1.54, 1.807) is 43.3 Å². The second kappa shape index (κ2) is 10.6. The van der Waals surface area contributed by atoms with Crippen molar-refractivity contribution in [2.75, 3.05) is 35.6 Å². The minimum absolute atomic E-state index is 0.268. The molecular weight excluding hydrogens is 408 g/mol. The highest BCUT2D eigenvalue weighted by Gasteiger charge is 2.21. The normalized spacial score (nSPS) is 10.9. The van der Waals surface area contributed by atoms with Gasteiger partial charge in [0.2, 0.25) is 15.9 Å². The van der Waals surface area contributed by atoms with Crippen LogP contribution in [0, 0.1) is 0 Å². The molecule has 0 radical (unpaired) electrons. The Hall–Kier alpha value is -3.07. The molecule has 0 aliphatic rings. The van der Waals surface area contributed by atoms with E-state index in [1.807, 2.05) is 6.92 Å². The Morgan fingerprint density at radius 3 is 2.17 bits per heavy atom. The Kier molecular flexibility index (Phi) is 8.23. The fourth-order valence-corrected chi connectivity index (χ4v) is 3.42.